The fraction of sp³-hybridized carbons (Fsp3) is 0.294. The van der Waals surface area contributed by atoms with Gasteiger partial charge in [0, 0.05) is 6.54 Å². The van der Waals surface area contributed by atoms with Crippen molar-refractivity contribution >= 4 is 10.0 Å². The summed E-state index contributed by atoms with van der Waals surface area (Å²) in [5.74, 6) is 0.612. The molecule has 2 aromatic carbocycles. The van der Waals surface area contributed by atoms with E-state index in [-0.39, 0.29) is 11.4 Å². The smallest absolute Gasteiger partial charge is 0.240 e. The first-order valence-electron chi connectivity index (χ1n) is 7.31. The van der Waals surface area contributed by atoms with Crippen molar-refractivity contribution in [1.29, 1.82) is 0 Å². The summed E-state index contributed by atoms with van der Waals surface area (Å²) in [7, 11) is -2.08. The van der Waals surface area contributed by atoms with Crippen LogP contribution in [0.25, 0.3) is 0 Å². The van der Waals surface area contributed by atoms with Gasteiger partial charge in [-0.15, -0.1) is 0 Å². The van der Waals surface area contributed by atoms with Gasteiger partial charge in [-0.25, -0.2) is 13.1 Å². The predicted molar refractivity (Wildman–Crippen MR) is 88.9 cm³/mol. The van der Waals surface area contributed by atoms with Gasteiger partial charge in [0.25, 0.3) is 0 Å². The maximum atomic E-state index is 12.3. The molecule has 2 N–H and O–H groups in total. The Bertz CT molecular complexity index is 744. The van der Waals surface area contributed by atoms with Gasteiger partial charge in [-0.05, 0) is 42.7 Å². The number of aliphatic hydroxyl groups is 1. The normalized spacial score (nSPS) is 12.8. The lowest BCUT2D eigenvalue weighted by Crippen LogP contribution is -2.26. The van der Waals surface area contributed by atoms with Gasteiger partial charge in [0.05, 0.1) is 18.1 Å². The van der Waals surface area contributed by atoms with Crippen molar-refractivity contribution in [3.63, 3.8) is 0 Å². The number of benzene rings is 2. The largest absolute Gasteiger partial charge is 0.497 e. The molecule has 0 spiro atoms. The van der Waals surface area contributed by atoms with Crippen molar-refractivity contribution < 1.29 is 18.3 Å². The number of ether oxygens (including phenoxy) is 1. The molecule has 0 radical (unpaired) electrons. The number of hydrogen-bond acceptors (Lipinski definition) is 4. The molecule has 0 amide bonds. The van der Waals surface area contributed by atoms with Gasteiger partial charge < -0.3 is 9.84 Å². The molecular formula is C17H21NO4S. The van der Waals surface area contributed by atoms with Crippen LogP contribution in [-0.2, 0) is 10.0 Å². The molecular weight excluding hydrogens is 314 g/mol. The molecule has 1 atom stereocenters. The molecule has 0 saturated heterocycles. The second-order valence-corrected chi connectivity index (χ2v) is 6.98. The Morgan fingerprint density at radius 3 is 2.48 bits per heavy atom. The van der Waals surface area contributed by atoms with E-state index in [4.69, 9.17) is 4.74 Å². The SMILES string of the molecule is COc1ccc(S(=O)(=O)NCCC(O)c2ccccc2)c(C)c1. The van der Waals surface area contributed by atoms with Gasteiger partial charge in [-0.3, -0.25) is 0 Å². The summed E-state index contributed by atoms with van der Waals surface area (Å²) in [6, 6.07) is 14.0. The fourth-order valence-electron chi connectivity index (χ4n) is 2.30. The number of nitrogens with one attached hydrogen (secondary N) is 1. The minimum atomic E-state index is -3.61. The van der Waals surface area contributed by atoms with Crippen LogP contribution in [0.3, 0.4) is 0 Å². The first kappa shape index (κ1) is 17.5. The lowest BCUT2D eigenvalue weighted by molar-refractivity contribution is 0.169. The molecule has 1 unspecified atom stereocenters. The van der Waals surface area contributed by atoms with Crippen molar-refractivity contribution in [2.24, 2.45) is 0 Å². The van der Waals surface area contributed by atoms with E-state index in [0.29, 0.717) is 17.7 Å². The van der Waals surface area contributed by atoms with E-state index < -0.39 is 16.1 Å². The minimum absolute atomic E-state index is 0.157. The van der Waals surface area contributed by atoms with Crippen LogP contribution in [0.1, 0.15) is 23.7 Å². The Morgan fingerprint density at radius 1 is 1.17 bits per heavy atom. The second kappa shape index (κ2) is 7.59. The number of hydrogen-bond donors (Lipinski definition) is 2. The zero-order chi connectivity index (χ0) is 16.9. The number of rotatable bonds is 7. The average molecular weight is 335 g/mol. The van der Waals surface area contributed by atoms with Crippen molar-refractivity contribution in [1.82, 2.24) is 4.72 Å². The highest BCUT2D eigenvalue weighted by molar-refractivity contribution is 7.89. The minimum Gasteiger partial charge on any atom is -0.497 e. The molecule has 0 fully saturated rings. The first-order chi connectivity index (χ1) is 10.9. The maximum absolute atomic E-state index is 12.3. The second-order valence-electron chi connectivity index (χ2n) is 5.24. The average Bonchev–Trinajstić information content (AvgIpc) is 2.55. The van der Waals surface area contributed by atoms with Crippen molar-refractivity contribution in [3.8, 4) is 5.75 Å². The molecule has 5 nitrogen and oxygen atoms in total. The Morgan fingerprint density at radius 2 is 1.87 bits per heavy atom. The zero-order valence-corrected chi connectivity index (χ0v) is 14.0. The summed E-state index contributed by atoms with van der Waals surface area (Å²) in [5.41, 5.74) is 1.38. The van der Waals surface area contributed by atoms with E-state index in [9.17, 15) is 13.5 Å². The fourth-order valence-corrected chi connectivity index (χ4v) is 3.57. The summed E-state index contributed by atoms with van der Waals surface area (Å²) >= 11 is 0. The van der Waals surface area contributed by atoms with Crippen molar-refractivity contribution in [2.75, 3.05) is 13.7 Å². The standard InChI is InChI=1S/C17H21NO4S/c1-13-12-15(22-2)8-9-17(13)23(20,21)18-11-10-16(19)14-6-4-3-5-7-14/h3-9,12,16,18-19H,10-11H2,1-2H3. The van der Waals surface area contributed by atoms with E-state index in [2.05, 4.69) is 4.72 Å². The molecule has 23 heavy (non-hydrogen) atoms. The van der Waals surface area contributed by atoms with E-state index in [1.807, 2.05) is 30.3 Å². The van der Waals surface area contributed by atoms with Gasteiger partial charge in [-0.2, -0.15) is 0 Å². The summed E-state index contributed by atoms with van der Waals surface area (Å²) in [5, 5.41) is 10.1. The monoisotopic (exact) mass is 335 g/mol. The van der Waals surface area contributed by atoms with Gasteiger partial charge in [0.1, 0.15) is 5.75 Å². The van der Waals surface area contributed by atoms with Gasteiger partial charge in [0.2, 0.25) is 10.0 Å². The molecule has 124 valence electrons. The van der Waals surface area contributed by atoms with Crippen LogP contribution in [0.5, 0.6) is 5.75 Å². The van der Waals surface area contributed by atoms with Crippen LogP contribution in [0, 0.1) is 6.92 Å². The lowest BCUT2D eigenvalue weighted by Gasteiger charge is -2.13. The molecule has 0 bridgehead atoms. The van der Waals surface area contributed by atoms with E-state index in [1.54, 1.807) is 19.1 Å². The van der Waals surface area contributed by atoms with E-state index >= 15 is 0 Å². The Balaban J connectivity index is 1.99. The molecule has 0 saturated carbocycles. The van der Waals surface area contributed by atoms with Gasteiger partial charge in [-0.1, -0.05) is 30.3 Å². The van der Waals surface area contributed by atoms with Crippen LogP contribution in [0.15, 0.2) is 53.4 Å². The highest BCUT2D eigenvalue weighted by atomic mass is 32.2. The Labute approximate surface area is 137 Å². The van der Waals surface area contributed by atoms with E-state index in [0.717, 1.165) is 5.56 Å². The molecule has 2 aromatic rings. The van der Waals surface area contributed by atoms with Crippen molar-refractivity contribution in [2.45, 2.75) is 24.3 Å². The molecule has 0 aliphatic heterocycles. The van der Waals surface area contributed by atoms with Crippen LogP contribution < -0.4 is 9.46 Å². The molecule has 0 aromatic heterocycles. The summed E-state index contributed by atoms with van der Waals surface area (Å²) in [6.45, 7) is 1.87. The van der Waals surface area contributed by atoms with Gasteiger partial charge in [0.15, 0.2) is 0 Å². The van der Waals surface area contributed by atoms with Crippen LogP contribution in [-0.4, -0.2) is 27.2 Å². The van der Waals surface area contributed by atoms with Gasteiger partial charge >= 0.3 is 0 Å². The third kappa shape index (κ3) is 4.54. The maximum Gasteiger partial charge on any atom is 0.240 e. The highest BCUT2D eigenvalue weighted by Gasteiger charge is 2.17. The number of methoxy groups -OCH3 is 1. The van der Waals surface area contributed by atoms with Crippen molar-refractivity contribution in [3.05, 3.63) is 59.7 Å². The molecule has 0 aliphatic carbocycles. The number of sulfonamides is 1. The highest BCUT2D eigenvalue weighted by Crippen LogP contribution is 2.21. The predicted octanol–water partition coefficient (Wildman–Crippen LogP) is 2.41. The number of aryl methyl sites for hydroxylation is 1. The Hall–Kier alpha value is -1.89. The first-order valence-corrected chi connectivity index (χ1v) is 8.79. The Kier molecular flexibility index (Phi) is 5.76. The number of aliphatic hydroxyl groups excluding tert-OH is 1. The quantitative estimate of drug-likeness (QED) is 0.815. The third-order valence-electron chi connectivity index (χ3n) is 3.57. The summed E-state index contributed by atoms with van der Waals surface area (Å²) in [6.07, 6.45) is -0.394. The summed E-state index contributed by atoms with van der Waals surface area (Å²) < 4.78 is 32.3. The third-order valence-corrected chi connectivity index (χ3v) is 5.19. The molecule has 6 heteroatoms. The molecule has 0 aliphatic rings. The van der Waals surface area contributed by atoms with E-state index in [1.165, 1.54) is 13.2 Å². The topological polar surface area (TPSA) is 75.6 Å². The van der Waals surface area contributed by atoms with Crippen LogP contribution in [0.2, 0.25) is 0 Å². The lowest BCUT2D eigenvalue weighted by atomic mass is 10.1. The molecule has 2 rings (SSSR count). The summed E-state index contributed by atoms with van der Waals surface area (Å²) in [4.78, 5) is 0.215. The molecule has 0 heterocycles. The van der Waals surface area contributed by atoms with Crippen LogP contribution in [0.4, 0.5) is 0 Å². The zero-order valence-electron chi connectivity index (χ0n) is 13.2. The van der Waals surface area contributed by atoms with Crippen LogP contribution >= 0.6 is 0 Å².